The minimum atomic E-state index is -0.116. The first-order valence-electron chi connectivity index (χ1n) is 7.55. The monoisotopic (exact) mass is 360 g/mol. The summed E-state index contributed by atoms with van der Waals surface area (Å²) in [5.41, 5.74) is 2.03. The molecule has 3 heterocycles. The van der Waals surface area contributed by atoms with Gasteiger partial charge in [-0.05, 0) is 44.5 Å². The molecule has 0 aliphatic heterocycles. The number of pyridine rings is 1. The highest BCUT2D eigenvalue weighted by Gasteiger charge is 2.06. The van der Waals surface area contributed by atoms with E-state index in [0.717, 1.165) is 34.4 Å². The van der Waals surface area contributed by atoms with Gasteiger partial charge in [-0.15, -0.1) is 11.3 Å². The molecule has 0 saturated carbocycles. The molecule has 0 aliphatic rings. The Labute approximate surface area is 148 Å². The van der Waals surface area contributed by atoms with E-state index in [9.17, 15) is 4.79 Å². The van der Waals surface area contributed by atoms with Gasteiger partial charge in [0.15, 0.2) is 0 Å². The normalized spacial score (nSPS) is 10.8. The van der Waals surface area contributed by atoms with Crippen molar-refractivity contribution in [2.75, 3.05) is 11.9 Å². The lowest BCUT2D eigenvalue weighted by Crippen LogP contribution is -2.14. The summed E-state index contributed by atoms with van der Waals surface area (Å²) in [5, 5.41) is 3.27. The van der Waals surface area contributed by atoms with Crippen molar-refractivity contribution in [2.45, 2.75) is 20.3 Å². The summed E-state index contributed by atoms with van der Waals surface area (Å²) < 4.78 is 0.808. The molecule has 0 spiro atoms. The van der Waals surface area contributed by atoms with E-state index >= 15 is 0 Å². The molecule has 7 heteroatoms. The number of thiophene rings is 1. The van der Waals surface area contributed by atoms with E-state index in [1.54, 1.807) is 24.5 Å². The van der Waals surface area contributed by atoms with Gasteiger partial charge in [0.25, 0.3) is 5.56 Å². The van der Waals surface area contributed by atoms with Gasteiger partial charge in [0, 0.05) is 34.4 Å². The maximum absolute atomic E-state index is 11.8. The Morgan fingerprint density at radius 2 is 2.08 bits per heavy atom. The van der Waals surface area contributed by atoms with Crippen molar-refractivity contribution in [3.63, 3.8) is 0 Å². The van der Waals surface area contributed by atoms with Crippen LogP contribution in [0.4, 0.5) is 5.82 Å². The summed E-state index contributed by atoms with van der Waals surface area (Å²) in [4.78, 5) is 24.6. The van der Waals surface area contributed by atoms with Gasteiger partial charge in [-0.2, -0.15) is 0 Å². The Bertz CT molecular complexity index is 902. The van der Waals surface area contributed by atoms with Crippen LogP contribution < -0.4 is 10.9 Å². The highest BCUT2D eigenvalue weighted by atomic mass is 35.5. The summed E-state index contributed by atoms with van der Waals surface area (Å²) in [6, 6.07) is 7.72. The van der Waals surface area contributed by atoms with Crippen molar-refractivity contribution in [1.29, 1.82) is 0 Å². The van der Waals surface area contributed by atoms with E-state index in [2.05, 4.69) is 20.3 Å². The lowest BCUT2D eigenvalue weighted by atomic mass is 10.2. The van der Waals surface area contributed by atoms with Crippen LogP contribution in [0.15, 0.2) is 35.3 Å². The smallest absolute Gasteiger partial charge is 0.254 e. The zero-order valence-corrected chi connectivity index (χ0v) is 15.0. The molecule has 3 rings (SSSR count). The molecule has 0 aromatic carbocycles. The topological polar surface area (TPSA) is 70.7 Å². The third-order valence-corrected chi connectivity index (χ3v) is 5.03. The average Bonchev–Trinajstić information content (AvgIpc) is 2.98. The van der Waals surface area contributed by atoms with Gasteiger partial charge in [-0.1, -0.05) is 11.6 Å². The number of aromatic amines is 1. The van der Waals surface area contributed by atoms with Crippen LogP contribution in [0.5, 0.6) is 0 Å². The van der Waals surface area contributed by atoms with Crippen molar-refractivity contribution in [1.82, 2.24) is 15.0 Å². The average molecular weight is 361 g/mol. The Kier molecular flexibility index (Phi) is 4.97. The zero-order valence-electron chi connectivity index (χ0n) is 13.4. The van der Waals surface area contributed by atoms with Crippen LogP contribution >= 0.6 is 22.9 Å². The SMILES string of the molecule is Cc1nc(-c2ccc(NCCc3ccc(Cl)s3)nc2)[nH]c(=O)c1C. The van der Waals surface area contributed by atoms with Crippen LogP contribution in [0, 0.1) is 13.8 Å². The van der Waals surface area contributed by atoms with E-state index in [1.165, 1.54) is 4.88 Å². The summed E-state index contributed by atoms with van der Waals surface area (Å²) >= 11 is 7.51. The summed E-state index contributed by atoms with van der Waals surface area (Å²) in [5.74, 6) is 1.32. The third kappa shape index (κ3) is 3.83. The Balaban J connectivity index is 1.66. The first-order chi connectivity index (χ1) is 11.5. The molecule has 0 aliphatic carbocycles. The molecule has 0 saturated heterocycles. The lowest BCUT2D eigenvalue weighted by molar-refractivity contribution is 1.02. The van der Waals surface area contributed by atoms with Crippen LogP contribution in [0.1, 0.15) is 16.1 Å². The van der Waals surface area contributed by atoms with E-state index in [-0.39, 0.29) is 5.56 Å². The second-order valence-electron chi connectivity index (χ2n) is 5.44. The van der Waals surface area contributed by atoms with Gasteiger partial charge >= 0.3 is 0 Å². The van der Waals surface area contributed by atoms with E-state index in [1.807, 2.05) is 31.2 Å². The van der Waals surface area contributed by atoms with Crippen LogP contribution in [-0.4, -0.2) is 21.5 Å². The lowest BCUT2D eigenvalue weighted by Gasteiger charge is -2.07. The van der Waals surface area contributed by atoms with Crippen LogP contribution in [0.3, 0.4) is 0 Å². The van der Waals surface area contributed by atoms with Gasteiger partial charge in [-0.3, -0.25) is 4.79 Å². The number of aromatic nitrogens is 3. The maximum Gasteiger partial charge on any atom is 0.254 e. The molecule has 0 amide bonds. The van der Waals surface area contributed by atoms with E-state index in [0.29, 0.717) is 11.4 Å². The number of rotatable bonds is 5. The standard InChI is InChI=1S/C17H17ClN4OS/c1-10-11(2)21-16(22-17(10)23)12-3-6-15(20-9-12)19-8-7-13-4-5-14(18)24-13/h3-6,9H,7-8H2,1-2H3,(H,19,20)(H,21,22,23). The van der Waals surface area contributed by atoms with Gasteiger partial charge in [0.05, 0.1) is 4.34 Å². The fourth-order valence-electron chi connectivity index (χ4n) is 2.22. The highest BCUT2D eigenvalue weighted by Crippen LogP contribution is 2.22. The molecule has 2 N–H and O–H groups in total. The largest absolute Gasteiger partial charge is 0.370 e. The minimum Gasteiger partial charge on any atom is -0.370 e. The van der Waals surface area contributed by atoms with Crippen molar-refractivity contribution in [2.24, 2.45) is 0 Å². The van der Waals surface area contributed by atoms with Gasteiger partial charge in [-0.25, -0.2) is 9.97 Å². The fraction of sp³-hybridized carbons (Fsp3) is 0.235. The summed E-state index contributed by atoms with van der Waals surface area (Å²) in [6.45, 7) is 4.37. The number of aryl methyl sites for hydroxylation is 1. The molecule has 0 radical (unpaired) electrons. The number of hydrogen-bond acceptors (Lipinski definition) is 5. The summed E-state index contributed by atoms with van der Waals surface area (Å²) in [6.07, 6.45) is 2.60. The first-order valence-corrected chi connectivity index (χ1v) is 8.74. The molecule has 3 aromatic heterocycles. The molecular weight excluding hydrogens is 344 g/mol. The number of halogens is 1. The van der Waals surface area contributed by atoms with Gasteiger partial charge < -0.3 is 10.3 Å². The quantitative estimate of drug-likeness (QED) is 0.725. The van der Waals surface area contributed by atoms with Crippen LogP contribution in [0.2, 0.25) is 4.34 Å². The van der Waals surface area contributed by atoms with E-state index in [4.69, 9.17) is 11.6 Å². The minimum absolute atomic E-state index is 0.116. The number of nitrogens with zero attached hydrogens (tertiary/aromatic N) is 2. The second kappa shape index (κ2) is 7.15. The Morgan fingerprint density at radius 1 is 1.25 bits per heavy atom. The Morgan fingerprint density at radius 3 is 2.71 bits per heavy atom. The van der Waals surface area contributed by atoms with Gasteiger partial charge in [0.2, 0.25) is 0 Å². The maximum atomic E-state index is 11.8. The number of hydrogen-bond donors (Lipinski definition) is 2. The van der Waals surface area contributed by atoms with Crippen molar-refractivity contribution >= 4 is 28.8 Å². The predicted octanol–water partition coefficient (Wildman–Crippen LogP) is 3.82. The molecule has 5 nitrogen and oxygen atoms in total. The molecule has 124 valence electrons. The molecule has 0 fully saturated rings. The van der Waals surface area contributed by atoms with Crippen molar-refractivity contribution in [3.8, 4) is 11.4 Å². The zero-order chi connectivity index (χ0) is 17.1. The molecular formula is C17H17ClN4OS. The second-order valence-corrected chi connectivity index (χ2v) is 7.24. The third-order valence-electron chi connectivity index (χ3n) is 3.74. The fourth-order valence-corrected chi connectivity index (χ4v) is 3.31. The van der Waals surface area contributed by atoms with Crippen LogP contribution in [-0.2, 0) is 6.42 Å². The molecule has 24 heavy (non-hydrogen) atoms. The first kappa shape index (κ1) is 16.7. The van der Waals surface area contributed by atoms with Crippen molar-refractivity contribution in [3.05, 3.63) is 61.3 Å². The van der Waals surface area contributed by atoms with Crippen LogP contribution in [0.25, 0.3) is 11.4 Å². The van der Waals surface area contributed by atoms with E-state index < -0.39 is 0 Å². The van der Waals surface area contributed by atoms with Gasteiger partial charge in [0.1, 0.15) is 11.6 Å². The Hall–Kier alpha value is -2.18. The molecule has 0 atom stereocenters. The number of H-pyrrole nitrogens is 1. The summed E-state index contributed by atoms with van der Waals surface area (Å²) in [7, 11) is 0. The molecule has 0 bridgehead atoms. The van der Waals surface area contributed by atoms with Crippen molar-refractivity contribution < 1.29 is 0 Å². The number of nitrogens with one attached hydrogen (secondary N) is 2. The highest BCUT2D eigenvalue weighted by molar-refractivity contribution is 7.16. The molecule has 3 aromatic rings. The predicted molar refractivity (Wildman–Crippen MR) is 99.1 cm³/mol. The number of anilines is 1. The molecule has 0 unspecified atom stereocenters.